The lowest BCUT2D eigenvalue weighted by Crippen LogP contribution is -2.39. The van der Waals surface area contributed by atoms with Gasteiger partial charge < -0.3 is 15.2 Å². The van der Waals surface area contributed by atoms with Crippen molar-refractivity contribution in [3.05, 3.63) is 36.3 Å². The molecule has 2 aromatic rings. The van der Waals surface area contributed by atoms with E-state index < -0.39 is 0 Å². The summed E-state index contributed by atoms with van der Waals surface area (Å²) in [4.78, 5) is 17.4. The van der Waals surface area contributed by atoms with Crippen LogP contribution in [0.2, 0.25) is 0 Å². The normalized spacial score (nSPS) is 27.0. The van der Waals surface area contributed by atoms with Gasteiger partial charge in [-0.25, -0.2) is 4.98 Å². The van der Waals surface area contributed by atoms with Crippen molar-refractivity contribution in [1.82, 2.24) is 14.9 Å². The van der Waals surface area contributed by atoms with E-state index in [0.29, 0.717) is 12.0 Å². The van der Waals surface area contributed by atoms with Gasteiger partial charge in [-0.3, -0.25) is 4.79 Å². The van der Waals surface area contributed by atoms with Crippen LogP contribution >= 0.6 is 0 Å². The summed E-state index contributed by atoms with van der Waals surface area (Å²) < 4.78 is 2.28. The van der Waals surface area contributed by atoms with E-state index in [-0.39, 0.29) is 11.9 Å². The molecule has 27 heavy (non-hydrogen) atoms. The van der Waals surface area contributed by atoms with Crippen LogP contribution in [0.1, 0.15) is 50.8 Å². The SMILES string of the molecule is O=C(Nc1ccc(-c2cn3c(n2)CCCC3)cc1)C1CC2CCCCC2N1. The molecule has 0 spiro atoms. The molecule has 3 atom stereocenters. The van der Waals surface area contributed by atoms with Crippen LogP contribution in [0.5, 0.6) is 0 Å². The number of anilines is 1. The molecule has 0 radical (unpaired) electrons. The van der Waals surface area contributed by atoms with Crippen molar-refractivity contribution in [3.8, 4) is 11.3 Å². The smallest absolute Gasteiger partial charge is 0.241 e. The Kier molecular flexibility index (Phi) is 4.48. The maximum absolute atomic E-state index is 12.7. The maximum atomic E-state index is 12.7. The first-order valence-electron chi connectivity index (χ1n) is 10.5. The van der Waals surface area contributed by atoms with Crippen molar-refractivity contribution in [2.45, 2.75) is 70.0 Å². The second-order valence-electron chi connectivity index (χ2n) is 8.37. The third kappa shape index (κ3) is 3.41. The minimum atomic E-state index is -0.0439. The zero-order chi connectivity index (χ0) is 18.2. The van der Waals surface area contributed by atoms with Gasteiger partial charge in [-0.1, -0.05) is 25.0 Å². The molecular weight excluding hydrogens is 336 g/mol. The number of fused-ring (bicyclic) bond motifs is 2. The second-order valence-corrected chi connectivity index (χ2v) is 8.37. The van der Waals surface area contributed by atoms with Crippen molar-refractivity contribution < 1.29 is 4.79 Å². The largest absolute Gasteiger partial charge is 0.334 e. The molecule has 1 saturated carbocycles. The number of imidazole rings is 1. The quantitative estimate of drug-likeness (QED) is 0.872. The van der Waals surface area contributed by atoms with Crippen LogP contribution in [0.15, 0.2) is 30.5 Å². The summed E-state index contributed by atoms with van der Waals surface area (Å²) in [5.74, 6) is 1.99. The van der Waals surface area contributed by atoms with Crippen molar-refractivity contribution >= 4 is 11.6 Å². The van der Waals surface area contributed by atoms with Gasteiger partial charge in [0.15, 0.2) is 0 Å². The number of aryl methyl sites for hydroxylation is 2. The summed E-state index contributed by atoms with van der Waals surface area (Å²) in [6.07, 6.45) is 11.8. The van der Waals surface area contributed by atoms with E-state index in [1.54, 1.807) is 0 Å². The number of nitrogens with one attached hydrogen (secondary N) is 2. The molecule has 1 amide bonds. The van der Waals surface area contributed by atoms with Gasteiger partial charge in [0, 0.05) is 36.5 Å². The highest BCUT2D eigenvalue weighted by molar-refractivity contribution is 5.95. The fraction of sp³-hybridized carbons (Fsp3) is 0.545. The molecule has 5 heteroatoms. The number of rotatable bonds is 3. The van der Waals surface area contributed by atoms with Crippen LogP contribution in [-0.4, -0.2) is 27.5 Å². The van der Waals surface area contributed by atoms with Gasteiger partial charge in [-0.05, 0) is 50.2 Å². The predicted molar refractivity (Wildman–Crippen MR) is 107 cm³/mol. The summed E-state index contributed by atoms with van der Waals surface area (Å²) in [6.45, 7) is 1.08. The van der Waals surface area contributed by atoms with Crippen LogP contribution in [-0.2, 0) is 17.8 Å². The zero-order valence-electron chi connectivity index (χ0n) is 15.8. The van der Waals surface area contributed by atoms with E-state index in [4.69, 9.17) is 4.98 Å². The monoisotopic (exact) mass is 364 g/mol. The highest BCUT2D eigenvalue weighted by Gasteiger charge is 2.38. The third-order valence-corrected chi connectivity index (χ3v) is 6.54. The number of aromatic nitrogens is 2. The highest BCUT2D eigenvalue weighted by Crippen LogP contribution is 2.33. The number of carbonyl (C=O) groups is 1. The molecule has 142 valence electrons. The van der Waals surface area contributed by atoms with Crippen LogP contribution in [0.3, 0.4) is 0 Å². The Bertz CT molecular complexity index is 788. The molecule has 1 aliphatic carbocycles. The number of hydrogen-bond acceptors (Lipinski definition) is 3. The molecular formula is C22H28N4O. The molecule has 3 aliphatic rings. The van der Waals surface area contributed by atoms with Crippen LogP contribution in [0, 0.1) is 5.92 Å². The van der Waals surface area contributed by atoms with E-state index in [1.807, 2.05) is 12.1 Å². The molecule has 1 saturated heterocycles. The first-order chi connectivity index (χ1) is 13.3. The summed E-state index contributed by atoms with van der Waals surface area (Å²) in [6, 6.07) is 8.61. The number of nitrogens with zero attached hydrogens (tertiary/aromatic N) is 2. The number of benzene rings is 1. The standard InChI is InChI=1S/C22H28N4O/c27-22(19-13-16-5-1-2-6-18(16)24-19)23-17-10-8-15(9-11-17)20-14-26-12-4-3-7-21(26)25-20/h8-11,14,16,18-19,24H,1-7,12-13H2,(H,23,27). The van der Waals surface area contributed by atoms with Gasteiger partial charge >= 0.3 is 0 Å². The van der Waals surface area contributed by atoms with E-state index in [2.05, 4.69) is 33.5 Å². The summed E-state index contributed by atoms with van der Waals surface area (Å²) >= 11 is 0. The van der Waals surface area contributed by atoms with E-state index >= 15 is 0 Å². The molecule has 1 aromatic heterocycles. The van der Waals surface area contributed by atoms with Crippen molar-refractivity contribution in [2.24, 2.45) is 5.92 Å². The third-order valence-electron chi connectivity index (χ3n) is 6.54. The Balaban J connectivity index is 1.24. The first kappa shape index (κ1) is 17.0. The molecule has 0 bridgehead atoms. The molecule has 1 aromatic carbocycles. The molecule has 5 rings (SSSR count). The number of amides is 1. The minimum Gasteiger partial charge on any atom is -0.334 e. The Hall–Kier alpha value is -2.14. The van der Waals surface area contributed by atoms with Gasteiger partial charge in [0.05, 0.1) is 11.7 Å². The van der Waals surface area contributed by atoms with Crippen molar-refractivity contribution in [1.29, 1.82) is 0 Å². The minimum absolute atomic E-state index is 0.0439. The summed E-state index contributed by atoms with van der Waals surface area (Å²) in [7, 11) is 0. The van der Waals surface area contributed by atoms with Gasteiger partial charge in [-0.2, -0.15) is 0 Å². The zero-order valence-corrected chi connectivity index (χ0v) is 15.8. The predicted octanol–water partition coefficient (Wildman–Crippen LogP) is 3.75. The van der Waals surface area contributed by atoms with Crippen LogP contribution < -0.4 is 10.6 Å². The van der Waals surface area contributed by atoms with Gasteiger partial charge in [0.25, 0.3) is 0 Å². The fourth-order valence-corrected chi connectivity index (χ4v) is 5.03. The van der Waals surface area contributed by atoms with Gasteiger partial charge in [-0.15, -0.1) is 0 Å². The van der Waals surface area contributed by atoms with E-state index in [1.165, 1.54) is 44.3 Å². The summed E-state index contributed by atoms with van der Waals surface area (Å²) in [5.41, 5.74) is 3.01. The molecule has 5 nitrogen and oxygen atoms in total. The number of carbonyl (C=O) groups excluding carboxylic acids is 1. The summed E-state index contributed by atoms with van der Waals surface area (Å²) in [5, 5.41) is 6.65. The van der Waals surface area contributed by atoms with E-state index in [0.717, 1.165) is 36.3 Å². The highest BCUT2D eigenvalue weighted by atomic mass is 16.2. The van der Waals surface area contributed by atoms with E-state index in [9.17, 15) is 4.79 Å². The van der Waals surface area contributed by atoms with Gasteiger partial charge in [0.1, 0.15) is 5.82 Å². The van der Waals surface area contributed by atoms with Crippen LogP contribution in [0.4, 0.5) is 5.69 Å². The Labute approximate surface area is 160 Å². The molecule has 3 heterocycles. The molecule has 3 unspecified atom stereocenters. The maximum Gasteiger partial charge on any atom is 0.241 e. The van der Waals surface area contributed by atoms with Crippen LogP contribution in [0.25, 0.3) is 11.3 Å². The molecule has 2 N–H and O–H groups in total. The van der Waals surface area contributed by atoms with Crippen molar-refractivity contribution in [2.75, 3.05) is 5.32 Å². The Morgan fingerprint density at radius 2 is 1.96 bits per heavy atom. The average molecular weight is 364 g/mol. The fourth-order valence-electron chi connectivity index (χ4n) is 5.03. The molecule has 2 aliphatic heterocycles. The second kappa shape index (κ2) is 7.12. The average Bonchev–Trinajstić information content (AvgIpc) is 3.32. The number of hydrogen-bond donors (Lipinski definition) is 2. The Morgan fingerprint density at radius 3 is 2.78 bits per heavy atom. The van der Waals surface area contributed by atoms with Crippen molar-refractivity contribution in [3.63, 3.8) is 0 Å². The lowest BCUT2D eigenvalue weighted by atomic mass is 9.85. The lowest BCUT2D eigenvalue weighted by molar-refractivity contribution is -0.117. The topological polar surface area (TPSA) is 59.0 Å². The van der Waals surface area contributed by atoms with Gasteiger partial charge in [0.2, 0.25) is 5.91 Å². The first-order valence-corrected chi connectivity index (χ1v) is 10.5. The Morgan fingerprint density at radius 1 is 1.11 bits per heavy atom. The lowest BCUT2D eigenvalue weighted by Gasteiger charge is -2.24. The molecule has 2 fully saturated rings.